The monoisotopic (exact) mass is 257 g/mol. The summed E-state index contributed by atoms with van der Waals surface area (Å²) < 4.78 is 12.9. The van der Waals surface area contributed by atoms with Crippen molar-refractivity contribution in [2.45, 2.75) is 31.7 Å². The molecule has 18 heavy (non-hydrogen) atoms. The van der Waals surface area contributed by atoms with Crippen molar-refractivity contribution < 1.29 is 24.5 Å². The number of phenols is 2. The predicted octanol–water partition coefficient (Wildman–Crippen LogP) is 1.36. The Morgan fingerprint density at radius 1 is 1.39 bits per heavy atom. The topological polar surface area (TPSA) is 104 Å². The molecule has 0 aliphatic rings. The van der Waals surface area contributed by atoms with Crippen molar-refractivity contribution in [2.75, 3.05) is 0 Å². The van der Waals surface area contributed by atoms with E-state index in [9.17, 15) is 19.4 Å². The van der Waals surface area contributed by atoms with Gasteiger partial charge in [0.15, 0.2) is 17.3 Å². The van der Waals surface area contributed by atoms with Crippen LogP contribution < -0.4 is 5.73 Å². The molecule has 100 valence electrons. The summed E-state index contributed by atoms with van der Waals surface area (Å²) in [7, 11) is 0. The summed E-state index contributed by atoms with van der Waals surface area (Å²) in [6, 6.07) is 2.17. The molecular formula is C12H16FNO4. The van der Waals surface area contributed by atoms with Crippen molar-refractivity contribution in [1.29, 1.82) is 0 Å². The first-order chi connectivity index (χ1) is 8.31. The normalized spacial score (nSPS) is 14.2. The summed E-state index contributed by atoms with van der Waals surface area (Å²) in [6.07, 6.45) is 0.576. The maximum atomic E-state index is 12.9. The molecular weight excluding hydrogens is 241 g/mol. The summed E-state index contributed by atoms with van der Waals surface area (Å²) in [5.41, 5.74) is 4.31. The zero-order valence-electron chi connectivity index (χ0n) is 9.98. The average Bonchev–Trinajstić information content (AvgIpc) is 2.30. The predicted molar refractivity (Wildman–Crippen MR) is 62.9 cm³/mol. The van der Waals surface area contributed by atoms with Gasteiger partial charge in [-0.3, -0.25) is 4.79 Å². The van der Waals surface area contributed by atoms with Crippen molar-refractivity contribution >= 4 is 5.97 Å². The maximum Gasteiger partial charge on any atom is 0.324 e. The van der Waals surface area contributed by atoms with Gasteiger partial charge in [0.05, 0.1) is 0 Å². The number of benzene rings is 1. The standard InChI is InChI=1S/C12H16FNO4/c1-2-5-12(14,11(17)18)6-7-3-4-8(13)10(16)9(7)15/h3-4,15-16H,2,5-6,14H2,1H3,(H,17,18)/t12-/m0/s1. The summed E-state index contributed by atoms with van der Waals surface area (Å²) in [5, 5.41) is 27.9. The molecule has 0 aromatic heterocycles. The summed E-state index contributed by atoms with van der Waals surface area (Å²) >= 11 is 0. The Morgan fingerprint density at radius 3 is 2.50 bits per heavy atom. The lowest BCUT2D eigenvalue weighted by Crippen LogP contribution is -2.49. The molecule has 1 atom stereocenters. The lowest BCUT2D eigenvalue weighted by atomic mass is 9.87. The van der Waals surface area contributed by atoms with E-state index in [1.165, 1.54) is 6.07 Å². The van der Waals surface area contributed by atoms with Crippen molar-refractivity contribution in [3.05, 3.63) is 23.5 Å². The largest absolute Gasteiger partial charge is 0.504 e. The van der Waals surface area contributed by atoms with Gasteiger partial charge in [0.25, 0.3) is 0 Å². The minimum absolute atomic E-state index is 0.104. The Hall–Kier alpha value is -1.82. The van der Waals surface area contributed by atoms with Gasteiger partial charge in [-0.25, -0.2) is 4.39 Å². The van der Waals surface area contributed by atoms with Gasteiger partial charge in [-0.1, -0.05) is 19.4 Å². The first-order valence-electron chi connectivity index (χ1n) is 5.53. The molecule has 5 N–H and O–H groups in total. The van der Waals surface area contributed by atoms with Gasteiger partial charge in [0.1, 0.15) is 5.54 Å². The van der Waals surface area contributed by atoms with E-state index in [2.05, 4.69) is 0 Å². The number of aliphatic carboxylic acids is 1. The number of hydrogen-bond donors (Lipinski definition) is 4. The highest BCUT2D eigenvalue weighted by atomic mass is 19.1. The van der Waals surface area contributed by atoms with Gasteiger partial charge in [-0.05, 0) is 12.5 Å². The third-order valence-corrected chi connectivity index (χ3v) is 2.81. The van der Waals surface area contributed by atoms with Crippen molar-refractivity contribution in [1.82, 2.24) is 0 Å². The van der Waals surface area contributed by atoms with Gasteiger partial charge in [-0.2, -0.15) is 0 Å². The Balaban J connectivity index is 3.09. The van der Waals surface area contributed by atoms with Crippen LogP contribution in [0.25, 0.3) is 0 Å². The number of halogens is 1. The van der Waals surface area contributed by atoms with E-state index in [0.717, 1.165) is 6.07 Å². The number of hydrogen-bond acceptors (Lipinski definition) is 4. The molecule has 0 aliphatic carbocycles. The Kier molecular flexibility index (Phi) is 4.13. The highest BCUT2D eigenvalue weighted by Gasteiger charge is 2.34. The molecule has 0 saturated heterocycles. The van der Waals surface area contributed by atoms with Crippen LogP contribution in [-0.2, 0) is 11.2 Å². The molecule has 6 heteroatoms. The molecule has 0 spiro atoms. The van der Waals surface area contributed by atoms with E-state index >= 15 is 0 Å². The Labute approximate surface area is 104 Å². The van der Waals surface area contributed by atoms with Crippen LogP contribution in [0, 0.1) is 5.82 Å². The fourth-order valence-electron chi connectivity index (χ4n) is 1.80. The van der Waals surface area contributed by atoms with Crippen molar-refractivity contribution in [3.8, 4) is 11.5 Å². The fourth-order valence-corrected chi connectivity index (χ4v) is 1.80. The van der Waals surface area contributed by atoms with Crippen LogP contribution in [0.4, 0.5) is 4.39 Å². The van der Waals surface area contributed by atoms with Gasteiger partial charge < -0.3 is 21.1 Å². The Bertz CT molecular complexity index is 464. The zero-order chi connectivity index (χ0) is 13.9. The number of aromatic hydroxyl groups is 2. The molecule has 0 unspecified atom stereocenters. The van der Waals surface area contributed by atoms with Crippen LogP contribution in [0.1, 0.15) is 25.3 Å². The SMILES string of the molecule is CCC[C@](N)(Cc1ccc(F)c(O)c1O)C(=O)O. The van der Waals surface area contributed by atoms with E-state index in [0.29, 0.717) is 6.42 Å². The minimum Gasteiger partial charge on any atom is -0.504 e. The highest BCUT2D eigenvalue weighted by molar-refractivity contribution is 5.79. The summed E-state index contributed by atoms with van der Waals surface area (Å²) in [6.45, 7) is 1.78. The number of nitrogens with two attached hydrogens (primary N) is 1. The molecule has 0 fully saturated rings. The van der Waals surface area contributed by atoms with Gasteiger partial charge in [-0.15, -0.1) is 0 Å². The van der Waals surface area contributed by atoms with Crippen molar-refractivity contribution in [3.63, 3.8) is 0 Å². The number of rotatable bonds is 5. The molecule has 0 heterocycles. The molecule has 1 aromatic carbocycles. The molecule has 1 rings (SSSR count). The van der Waals surface area contributed by atoms with E-state index < -0.39 is 28.8 Å². The second kappa shape index (κ2) is 5.22. The fraction of sp³-hybridized carbons (Fsp3) is 0.417. The third-order valence-electron chi connectivity index (χ3n) is 2.81. The third kappa shape index (κ3) is 2.70. The molecule has 1 aromatic rings. The Morgan fingerprint density at radius 2 is 2.00 bits per heavy atom. The highest BCUT2D eigenvalue weighted by Crippen LogP contribution is 2.33. The maximum absolute atomic E-state index is 12.9. The zero-order valence-corrected chi connectivity index (χ0v) is 9.98. The van der Waals surface area contributed by atoms with Gasteiger partial charge >= 0.3 is 5.97 Å². The minimum atomic E-state index is -1.55. The lowest BCUT2D eigenvalue weighted by molar-refractivity contribution is -0.143. The molecule has 0 amide bonds. The molecule has 0 aliphatic heterocycles. The molecule has 5 nitrogen and oxygen atoms in total. The van der Waals surface area contributed by atoms with E-state index in [1.54, 1.807) is 6.92 Å². The number of phenolic OH excluding ortho intramolecular Hbond substituents is 2. The first kappa shape index (κ1) is 14.2. The average molecular weight is 257 g/mol. The van der Waals surface area contributed by atoms with Crippen molar-refractivity contribution in [2.24, 2.45) is 5.73 Å². The molecule has 0 radical (unpaired) electrons. The number of carboxylic acids is 1. The number of carboxylic acid groups (broad SMARTS) is 1. The van der Waals surface area contributed by atoms with Gasteiger partial charge in [0, 0.05) is 12.0 Å². The molecule has 0 saturated carbocycles. The van der Waals surface area contributed by atoms with Gasteiger partial charge in [0.2, 0.25) is 0 Å². The first-order valence-corrected chi connectivity index (χ1v) is 5.53. The van der Waals surface area contributed by atoms with Crippen LogP contribution in [-0.4, -0.2) is 26.8 Å². The summed E-state index contributed by atoms with van der Waals surface area (Å²) in [4.78, 5) is 11.1. The smallest absolute Gasteiger partial charge is 0.324 e. The van der Waals surface area contributed by atoms with E-state index in [-0.39, 0.29) is 18.4 Å². The second-order valence-electron chi connectivity index (χ2n) is 4.29. The van der Waals surface area contributed by atoms with Crippen LogP contribution >= 0.6 is 0 Å². The van der Waals surface area contributed by atoms with E-state index in [4.69, 9.17) is 10.8 Å². The number of carbonyl (C=O) groups is 1. The second-order valence-corrected chi connectivity index (χ2v) is 4.29. The van der Waals surface area contributed by atoms with E-state index in [1.807, 2.05) is 0 Å². The lowest BCUT2D eigenvalue weighted by Gasteiger charge is -2.24. The molecule has 0 bridgehead atoms. The summed E-state index contributed by atoms with van der Waals surface area (Å²) in [5.74, 6) is -3.73. The van der Waals surface area contributed by atoms with Crippen LogP contribution in [0.2, 0.25) is 0 Å². The van der Waals surface area contributed by atoms with Crippen LogP contribution in [0.3, 0.4) is 0 Å². The van der Waals surface area contributed by atoms with Crippen LogP contribution in [0.5, 0.6) is 11.5 Å². The van der Waals surface area contributed by atoms with Crippen LogP contribution in [0.15, 0.2) is 12.1 Å². The quantitative estimate of drug-likeness (QED) is 0.596.